The van der Waals surface area contributed by atoms with Crippen molar-refractivity contribution in [2.24, 2.45) is 0 Å². The summed E-state index contributed by atoms with van der Waals surface area (Å²) in [5, 5.41) is 0. The highest BCUT2D eigenvalue weighted by atomic mass is 32.2. The highest BCUT2D eigenvalue weighted by Gasteiger charge is 2.32. The highest BCUT2D eigenvalue weighted by molar-refractivity contribution is 7.89. The van der Waals surface area contributed by atoms with Crippen molar-refractivity contribution < 1.29 is 27.4 Å². The zero-order chi connectivity index (χ0) is 18.9. The first kappa shape index (κ1) is 17.9. The summed E-state index contributed by atoms with van der Waals surface area (Å²) in [7, 11) is -2.06. The van der Waals surface area contributed by atoms with Crippen molar-refractivity contribution in [2.45, 2.75) is 23.8 Å². The van der Waals surface area contributed by atoms with Gasteiger partial charge in [-0.2, -0.15) is 4.31 Å². The van der Waals surface area contributed by atoms with Crippen molar-refractivity contribution in [3.63, 3.8) is 0 Å². The van der Waals surface area contributed by atoms with Gasteiger partial charge in [0, 0.05) is 12.6 Å². The Morgan fingerprint density at radius 3 is 2.67 bits per heavy atom. The van der Waals surface area contributed by atoms with Gasteiger partial charge in [0.25, 0.3) is 0 Å². The molecule has 1 atom stereocenters. The van der Waals surface area contributed by atoms with Crippen LogP contribution in [0.4, 0.5) is 0 Å². The van der Waals surface area contributed by atoms with E-state index in [2.05, 4.69) is 0 Å². The Labute approximate surface area is 158 Å². The van der Waals surface area contributed by atoms with Gasteiger partial charge >= 0.3 is 0 Å². The molecule has 2 aliphatic heterocycles. The summed E-state index contributed by atoms with van der Waals surface area (Å²) in [6.45, 7) is 0.856. The first-order chi connectivity index (χ1) is 13.1. The number of ether oxygens (including phenoxy) is 4. The van der Waals surface area contributed by atoms with E-state index < -0.39 is 10.0 Å². The van der Waals surface area contributed by atoms with Crippen LogP contribution in [0.15, 0.2) is 47.4 Å². The van der Waals surface area contributed by atoms with E-state index in [0.717, 1.165) is 12.8 Å². The van der Waals surface area contributed by atoms with Gasteiger partial charge in [0.15, 0.2) is 23.0 Å². The fraction of sp³-hybridized carbons (Fsp3) is 0.368. The largest absolute Gasteiger partial charge is 0.493 e. The van der Waals surface area contributed by atoms with Crippen molar-refractivity contribution in [2.75, 3.05) is 27.0 Å². The molecule has 144 valence electrons. The van der Waals surface area contributed by atoms with Gasteiger partial charge in [-0.3, -0.25) is 0 Å². The van der Waals surface area contributed by atoms with Crippen LogP contribution in [0.1, 0.15) is 12.8 Å². The predicted octanol–water partition coefficient (Wildman–Crippen LogP) is 2.66. The number of methoxy groups -OCH3 is 1. The summed E-state index contributed by atoms with van der Waals surface area (Å²) < 4.78 is 49.5. The lowest BCUT2D eigenvalue weighted by atomic mass is 10.1. The molecule has 1 fully saturated rings. The standard InChI is InChI=1S/C19H21NO6S/c1-23-16-6-2-3-7-18(16)26-14-5-4-10-20(12-14)27(21,22)15-8-9-17-19(11-15)25-13-24-17/h2-3,6-9,11,14H,4-5,10,12-13H2,1H3/t14-/m0/s1. The molecule has 0 amide bonds. The SMILES string of the molecule is COc1ccccc1O[C@H]1CCCN(S(=O)(=O)c2ccc3c(c2)OCO3)C1. The van der Waals surface area contributed by atoms with Crippen molar-refractivity contribution >= 4 is 10.0 Å². The molecule has 0 N–H and O–H groups in total. The van der Waals surface area contributed by atoms with E-state index in [1.165, 1.54) is 10.4 Å². The number of piperidine rings is 1. The molecule has 0 bridgehead atoms. The Kier molecular flexibility index (Phi) is 4.84. The molecule has 2 aromatic rings. The summed E-state index contributed by atoms with van der Waals surface area (Å²) in [5.41, 5.74) is 0. The van der Waals surface area contributed by atoms with Crippen LogP contribution in [-0.4, -0.2) is 45.8 Å². The molecule has 0 saturated carbocycles. The Bertz CT molecular complexity index is 930. The molecule has 4 rings (SSSR count). The lowest BCUT2D eigenvalue weighted by molar-refractivity contribution is 0.126. The van der Waals surface area contributed by atoms with E-state index in [1.807, 2.05) is 24.3 Å². The molecule has 7 nitrogen and oxygen atoms in total. The van der Waals surface area contributed by atoms with Crippen molar-refractivity contribution in [3.8, 4) is 23.0 Å². The van der Waals surface area contributed by atoms with Crippen LogP contribution in [0.2, 0.25) is 0 Å². The second kappa shape index (κ2) is 7.28. The van der Waals surface area contributed by atoms with E-state index in [-0.39, 0.29) is 24.3 Å². The number of sulfonamides is 1. The van der Waals surface area contributed by atoms with Gasteiger partial charge in [-0.1, -0.05) is 12.1 Å². The van der Waals surface area contributed by atoms with Gasteiger partial charge in [0.1, 0.15) is 6.10 Å². The molecular weight excluding hydrogens is 370 g/mol. The van der Waals surface area contributed by atoms with Gasteiger partial charge in [0.05, 0.1) is 18.6 Å². The molecule has 27 heavy (non-hydrogen) atoms. The minimum atomic E-state index is -3.64. The summed E-state index contributed by atoms with van der Waals surface area (Å²) in [6, 6.07) is 12.1. The van der Waals surface area contributed by atoms with E-state index in [1.54, 1.807) is 19.2 Å². The molecule has 8 heteroatoms. The minimum absolute atomic E-state index is 0.109. The molecule has 0 aromatic heterocycles. The van der Waals surface area contributed by atoms with Gasteiger partial charge in [-0.15, -0.1) is 0 Å². The predicted molar refractivity (Wildman–Crippen MR) is 98.0 cm³/mol. The summed E-state index contributed by atoms with van der Waals surface area (Å²) in [4.78, 5) is 0.199. The maximum Gasteiger partial charge on any atom is 0.243 e. The first-order valence-corrected chi connectivity index (χ1v) is 10.2. The van der Waals surface area contributed by atoms with Crippen LogP contribution >= 0.6 is 0 Å². The van der Waals surface area contributed by atoms with E-state index >= 15 is 0 Å². The molecule has 0 spiro atoms. The minimum Gasteiger partial charge on any atom is -0.493 e. The van der Waals surface area contributed by atoms with Crippen LogP contribution in [0.5, 0.6) is 23.0 Å². The molecule has 2 aliphatic rings. The monoisotopic (exact) mass is 391 g/mol. The molecule has 1 saturated heterocycles. The van der Waals surface area contributed by atoms with Crippen LogP contribution in [-0.2, 0) is 10.0 Å². The highest BCUT2D eigenvalue weighted by Crippen LogP contribution is 2.35. The van der Waals surface area contributed by atoms with Gasteiger partial charge in [0.2, 0.25) is 16.8 Å². The fourth-order valence-electron chi connectivity index (χ4n) is 3.30. The van der Waals surface area contributed by atoms with E-state index in [4.69, 9.17) is 18.9 Å². The van der Waals surface area contributed by atoms with Gasteiger partial charge < -0.3 is 18.9 Å². The topological polar surface area (TPSA) is 74.3 Å². The van der Waals surface area contributed by atoms with E-state index in [0.29, 0.717) is 29.5 Å². The maximum atomic E-state index is 13.1. The molecule has 0 aliphatic carbocycles. The number of hydrogen-bond acceptors (Lipinski definition) is 6. The third-order valence-corrected chi connectivity index (χ3v) is 6.55. The smallest absolute Gasteiger partial charge is 0.243 e. The summed E-state index contributed by atoms with van der Waals surface area (Å²) >= 11 is 0. The molecular formula is C19H21NO6S. The molecule has 2 aromatic carbocycles. The number of para-hydroxylation sites is 2. The lowest BCUT2D eigenvalue weighted by Crippen LogP contribution is -2.44. The Balaban J connectivity index is 1.52. The zero-order valence-electron chi connectivity index (χ0n) is 15.0. The lowest BCUT2D eigenvalue weighted by Gasteiger charge is -2.32. The van der Waals surface area contributed by atoms with Crippen LogP contribution in [0.25, 0.3) is 0 Å². The summed E-state index contributed by atoms with van der Waals surface area (Å²) in [6.07, 6.45) is 1.27. The normalized spacial score (nSPS) is 19.7. The van der Waals surface area contributed by atoms with Crippen molar-refractivity contribution in [3.05, 3.63) is 42.5 Å². The molecule has 0 radical (unpaired) electrons. The number of fused-ring (bicyclic) bond motifs is 1. The van der Waals surface area contributed by atoms with Crippen LogP contribution < -0.4 is 18.9 Å². The quantitative estimate of drug-likeness (QED) is 0.780. The van der Waals surface area contributed by atoms with E-state index in [9.17, 15) is 8.42 Å². The Morgan fingerprint density at radius 1 is 1.07 bits per heavy atom. The average molecular weight is 391 g/mol. The van der Waals surface area contributed by atoms with Crippen LogP contribution in [0, 0.1) is 0 Å². The number of rotatable bonds is 5. The van der Waals surface area contributed by atoms with Gasteiger partial charge in [-0.05, 0) is 37.1 Å². The number of benzene rings is 2. The second-order valence-corrected chi connectivity index (χ2v) is 8.35. The average Bonchev–Trinajstić information content (AvgIpc) is 3.16. The maximum absolute atomic E-state index is 13.1. The second-order valence-electron chi connectivity index (χ2n) is 6.41. The first-order valence-electron chi connectivity index (χ1n) is 8.77. The Hall–Kier alpha value is -2.45. The Morgan fingerprint density at radius 2 is 1.85 bits per heavy atom. The number of nitrogens with zero attached hydrogens (tertiary/aromatic N) is 1. The number of hydrogen-bond donors (Lipinski definition) is 0. The third-order valence-electron chi connectivity index (χ3n) is 4.69. The van der Waals surface area contributed by atoms with Gasteiger partial charge in [-0.25, -0.2) is 8.42 Å². The van der Waals surface area contributed by atoms with Crippen molar-refractivity contribution in [1.82, 2.24) is 4.31 Å². The summed E-state index contributed by atoms with van der Waals surface area (Å²) in [5.74, 6) is 2.26. The van der Waals surface area contributed by atoms with Crippen molar-refractivity contribution in [1.29, 1.82) is 0 Å². The fourth-order valence-corrected chi connectivity index (χ4v) is 4.83. The molecule has 0 unspecified atom stereocenters. The third kappa shape index (κ3) is 3.54. The zero-order valence-corrected chi connectivity index (χ0v) is 15.8. The molecule has 2 heterocycles. The van der Waals surface area contributed by atoms with Crippen LogP contribution in [0.3, 0.4) is 0 Å².